The van der Waals surface area contributed by atoms with E-state index in [0.29, 0.717) is 24.2 Å². The Labute approximate surface area is 99.9 Å². The minimum Gasteiger partial charge on any atom is -0.393 e. The molecule has 1 aliphatic rings. The number of hydrogen-bond acceptors (Lipinski definition) is 3. The summed E-state index contributed by atoms with van der Waals surface area (Å²) in [6.07, 6.45) is -0.0146. The number of anilines is 1. The highest BCUT2D eigenvalue weighted by atomic mass is 16.3. The molecule has 4 heteroatoms. The van der Waals surface area contributed by atoms with Crippen LogP contribution in [-0.2, 0) is 4.79 Å². The van der Waals surface area contributed by atoms with Crippen LogP contribution in [0.25, 0.3) is 0 Å². The second-order valence-electron chi connectivity index (χ2n) is 4.44. The van der Waals surface area contributed by atoms with Crippen LogP contribution in [0.3, 0.4) is 0 Å². The fraction of sp³-hybridized carbons (Fsp3) is 0.385. The summed E-state index contributed by atoms with van der Waals surface area (Å²) in [5.74, 6) is -0.944. The number of amides is 1. The molecule has 1 atom stereocenters. The molecule has 4 nitrogen and oxygen atoms in total. The van der Waals surface area contributed by atoms with Gasteiger partial charge in [0.05, 0.1) is 17.4 Å². The van der Waals surface area contributed by atoms with Gasteiger partial charge in [-0.1, -0.05) is 11.6 Å². The Bertz CT molecular complexity index is 480. The van der Waals surface area contributed by atoms with Gasteiger partial charge in [-0.25, -0.2) is 0 Å². The van der Waals surface area contributed by atoms with Crippen LogP contribution >= 0.6 is 0 Å². The van der Waals surface area contributed by atoms with Crippen LogP contribution in [0, 0.1) is 6.92 Å². The minimum atomic E-state index is -0.494. The van der Waals surface area contributed by atoms with Crippen molar-refractivity contribution in [2.75, 3.05) is 11.4 Å². The van der Waals surface area contributed by atoms with Crippen molar-refractivity contribution in [2.24, 2.45) is 0 Å². The van der Waals surface area contributed by atoms with Crippen LogP contribution in [0.5, 0.6) is 0 Å². The van der Waals surface area contributed by atoms with Gasteiger partial charge in [-0.15, -0.1) is 0 Å². The maximum atomic E-state index is 11.8. The normalized spacial score (nSPS) is 16.3. The van der Waals surface area contributed by atoms with E-state index < -0.39 is 17.8 Å². The van der Waals surface area contributed by atoms with Crippen LogP contribution < -0.4 is 4.90 Å². The summed E-state index contributed by atoms with van der Waals surface area (Å²) in [7, 11) is 0. The Morgan fingerprint density at radius 1 is 1.35 bits per heavy atom. The lowest BCUT2D eigenvalue weighted by Gasteiger charge is -2.17. The number of benzene rings is 1. The highest BCUT2D eigenvalue weighted by Crippen LogP contribution is 2.29. The molecule has 0 fully saturated rings. The molecule has 1 unspecified atom stereocenters. The number of carbonyl (C=O) groups excluding carboxylic acids is 2. The van der Waals surface area contributed by atoms with Crippen molar-refractivity contribution in [2.45, 2.75) is 26.4 Å². The van der Waals surface area contributed by atoms with Crippen LogP contribution in [0.1, 0.15) is 29.3 Å². The Morgan fingerprint density at radius 3 is 2.71 bits per heavy atom. The lowest BCUT2D eigenvalue weighted by molar-refractivity contribution is -0.114. The number of ketones is 1. The molecule has 1 aromatic carbocycles. The van der Waals surface area contributed by atoms with Crippen LogP contribution in [0.15, 0.2) is 18.2 Å². The minimum absolute atomic E-state index is 0.373. The van der Waals surface area contributed by atoms with Gasteiger partial charge in [0, 0.05) is 6.54 Å². The maximum absolute atomic E-state index is 11.8. The van der Waals surface area contributed by atoms with Crippen molar-refractivity contribution in [1.29, 1.82) is 0 Å². The molecule has 90 valence electrons. The molecule has 0 radical (unpaired) electrons. The SMILES string of the molecule is Cc1ccc2c(c1)C(=O)C(=O)N2CCC(C)O. The third kappa shape index (κ3) is 2.08. The molecule has 0 bridgehead atoms. The molecule has 1 amide bonds. The van der Waals surface area contributed by atoms with E-state index in [1.807, 2.05) is 13.0 Å². The monoisotopic (exact) mass is 233 g/mol. The summed E-state index contributed by atoms with van der Waals surface area (Å²) >= 11 is 0. The molecule has 0 aromatic heterocycles. The van der Waals surface area contributed by atoms with Gasteiger partial charge >= 0.3 is 0 Å². The Hall–Kier alpha value is -1.68. The molecule has 1 heterocycles. The molecule has 1 aromatic rings. The highest BCUT2D eigenvalue weighted by Gasteiger charge is 2.35. The summed E-state index contributed by atoms with van der Waals surface area (Å²) in [5, 5.41) is 9.23. The second kappa shape index (κ2) is 4.30. The smallest absolute Gasteiger partial charge is 0.299 e. The van der Waals surface area contributed by atoms with Crippen LogP contribution in [-0.4, -0.2) is 29.4 Å². The van der Waals surface area contributed by atoms with Crippen molar-refractivity contribution in [3.63, 3.8) is 0 Å². The average Bonchev–Trinajstić information content (AvgIpc) is 2.50. The number of aliphatic hydroxyl groups is 1. The third-order valence-corrected chi connectivity index (χ3v) is 2.90. The molecule has 2 rings (SSSR count). The quantitative estimate of drug-likeness (QED) is 0.800. The molecule has 0 saturated heterocycles. The first-order valence-corrected chi connectivity index (χ1v) is 5.65. The first-order chi connectivity index (χ1) is 8.00. The molecule has 0 saturated carbocycles. The Kier molecular flexibility index (Phi) is 2.98. The number of Topliss-reactive ketones (excluding diaryl/α,β-unsaturated/α-hetero) is 1. The summed E-state index contributed by atoms with van der Waals surface area (Å²) in [6, 6.07) is 5.40. The topological polar surface area (TPSA) is 57.6 Å². The van der Waals surface area contributed by atoms with E-state index >= 15 is 0 Å². The molecular formula is C13H15NO3. The van der Waals surface area contributed by atoms with Gasteiger partial charge in [-0.2, -0.15) is 0 Å². The number of hydrogen-bond donors (Lipinski definition) is 1. The number of fused-ring (bicyclic) bond motifs is 1. The predicted octanol–water partition coefficient (Wildman–Crippen LogP) is 1.30. The van der Waals surface area contributed by atoms with Crippen molar-refractivity contribution in [3.8, 4) is 0 Å². The Balaban J connectivity index is 2.31. The third-order valence-electron chi connectivity index (χ3n) is 2.90. The summed E-state index contributed by atoms with van der Waals surface area (Å²) in [4.78, 5) is 25.0. The van der Waals surface area contributed by atoms with Crippen molar-refractivity contribution >= 4 is 17.4 Å². The lowest BCUT2D eigenvalue weighted by atomic mass is 10.1. The number of aryl methyl sites for hydroxylation is 1. The van der Waals surface area contributed by atoms with Gasteiger partial charge < -0.3 is 10.0 Å². The molecular weight excluding hydrogens is 218 g/mol. The molecule has 1 aliphatic heterocycles. The number of carbonyl (C=O) groups is 2. The standard InChI is InChI=1S/C13H15NO3/c1-8-3-4-11-10(7-8)12(16)13(17)14(11)6-5-9(2)15/h3-4,7,9,15H,5-6H2,1-2H3. The van der Waals surface area contributed by atoms with Gasteiger partial charge in [0.2, 0.25) is 0 Å². The van der Waals surface area contributed by atoms with E-state index in [1.54, 1.807) is 19.1 Å². The zero-order valence-electron chi connectivity index (χ0n) is 9.93. The van der Waals surface area contributed by atoms with Crippen LogP contribution in [0.4, 0.5) is 5.69 Å². The Morgan fingerprint density at radius 2 is 2.06 bits per heavy atom. The van der Waals surface area contributed by atoms with Crippen molar-refractivity contribution in [3.05, 3.63) is 29.3 Å². The number of nitrogens with zero attached hydrogens (tertiary/aromatic N) is 1. The van der Waals surface area contributed by atoms with E-state index in [-0.39, 0.29) is 0 Å². The average molecular weight is 233 g/mol. The summed E-state index contributed by atoms with van der Waals surface area (Å²) < 4.78 is 0. The van der Waals surface area contributed by atoms with E-state index in [4.69, 9.17) is 0 Å². The summed E-state index contributed by atoms with van der Waals surface area (Å²) in [6.45, 7) is 3.92. The highest BCUT2D eigenvalue weighted by molar-refractivity contribution is 6.52. The van der Waals surface area contributed by atoms with E-state index in [2.05, 4.69) is 0 Å². The van der Waals surface area contributed by atoms with Crippen molar-refractivity contribution in [1.82, 2.24) is 0 Å². The fourth-order valence-corrected chi connectivity index (χ4v) is 1.95. The van der Waals surface area contributed by atoms with Crippen LogP contribution in [0.2, 0.25) is 0 Å². The van der Waals surface area contributed by atoms with Gasteiger partial charge in [-0.05, 0) is 32.4 Å². The van der Waals surface area contributed by atoms with E-state index in [1.165, 1.54) is 4.90 Å². The first-order valence-electron chi connectivity index (χ1n) is 5.65. The number of rotatable bonds is 3. The molecule has 0 aliphatic carbocycles. The predicted molar refractivity (Wildman–Crippen MR) is 64.2 cm³/mol. The van der Waals surface area contributed by atoms with Gasteiger partial charge in [0.15, 0.2) is 0 Å². The van der Waals surface area contributed by atoms with Gasteiger partial charge in [0.25, 0.3) is 11.7 Å². The fourth-order valence-electron chi connectivity index (χ4n) is 1.95. The number of aliphatic hydroxyl groups excluding tert-OH is 1. The summed E-state index contributed by atoms with van der Waals surface area (Å²) in [5.41, 5.74) is 2.09. The van der Waals surface area contributed by atoms with E-state index in [0.717, 1.165) is 5.56 Å². The molecule has 0 spiro atoms. The lowest BCUT2D eigenvalue weighted by Crippen LogP contribution is -2.32. The van der Waals surface area contributed by atoms with Gasteiger partial charge in [0.1, 0.15) is 0 Å². The van der Waals surface area contributed by atoms with Gasteiger partial charge in [-0.3, -0.25) is 9.59 Å². The maximum Gasteiger partial charge on any atom is 0.299 e. The van der Waals surface area contributed by atoms with E-state index in [9.17, 15) is 14.7 Å². The zero-order chi connectivity index (χ0) is 12.6. The van der Waals surface area contributed by atoms with Crippen molar-refractivity contribution < 1.29 is 14.7 Å². The molecule has 1 N–H and O–H groups in total. The zero-order valence-corrected chi connectivity index (χ0v) is 9.93. The largest absolute Gasteiger partial charge is 0.393 e. The second-order valence-corrected chi connectivity index (χ2v) is 4.44. The first kappa shape index (κ1) is 11.8. The molecule has 17 heavy (non-hydrogen) atoms.